The zero-order chi connectivity index (χ0) is 14.5. The molecule has 1 aromatic heterocycles. The molecule has 1 N–H and O–H groups in total. The fourth-order valence-electron chi connectivity index (χ4n) is 2.95. The number of likely N-dealkylation sites (N-methyl/N-ethyl adjacent to an activating group) is 2. The molecule has 0 amide bonds. The highest BCUT2D eigenvalue weighted by Crippen LogP contribution is 2.25. The zero-order valence-corrected chi connectivity index (χ0v) is 13.3. The van der Waals surface area contributed by atoms with Crippen LogP contribution in [0.4, 0.5) is 5.69 Å². The van der Waals surface area contributed by atoms with Gasteiger partial charge in [-0.05, 0) is 46.0 Å². The van der Waals surface area contributed by atoms with Crippen molar-refractivity contribution in [3.63, 3.8) is 0 Å². The molecule has 0 aliphatic carbocycles. The van der Waals surface area contributed by atoms with Crippen LogP contribution in [0.5, 0.6) is 0 Å². The van der Waals surface area contributed by atoms with Crippen molar-refractivity contribution < 1.29 is 0 Å². The number of aromatic nitrogens is 1. The molecule has 112 valence electrons. The van der Waals surface area contributed by atoms with E-state index in [1.807, 2.05) is 6.20 Å². The first-order valence-corrected chi connectivity index (χ1v) is 7.69. The molecule has 0 radical (unpaired) electrons. The third kappa shape index (κ3) is 3.70. The minimum absolute atomic E-state index is 0.607. The number of piperidine rings is 1. The van der Waals surface area contributed by atoms with Crippen LogP contribution >= 0.6 is 0 Å². The third-order valence-electron chi connectivity index (χ3n) is 4.19. The molecule has 0 aromatic carbocycles. The maximum atomic E-state index is 4.46. The Bertz CT molecular complexity index is 432. The lowest BCUT2D eigenvalue weighted by Gasteiger charge is -2.38. The molecule has 1 aliphatic heterocycles. The average molecular weight is 276 g/mol. The highest BCUT2D eigenvalue weighted by Gasteiger charge is 2.22. The van der Waals surface area contributed by atoms with E-state index in [4.69, 9.17) is 0 Å². The second-order valence-corrected chi connectivity index (χ2v) is 5.90. The highest BCUT2D eigenvalue weighted by atomic mass is 15.2. The van der Waals surface area contributed by atoms with Gasteiger partial charge in [-0.1, -0.05) is 6.92 Å². The van der Waals surface area contributed by atoms with Crippen molar-refractivity contribution in [2.75, 3.05) is 38.6 Å². The molecule has 0 spiro atoms. The summed E-state index contributed by atoms with van der Waals surface area (Å²) in [5.74, 6) is 0. The second-order valence-electron chi connectivity index (χ2n) is 5.90. The molecule has 1 saturated heterocycles. The van der Waals surface area contributed by atoms with E-state index in [0.717, 1.165) is 25.3 Å². The quantitative estimate of drug-likeness (QED) is 0.891. The molecule has 1 atom stereocenters. The molecule has 4 heteroatoms. The van der Waals surface area contributed by atoms with Gasteiger partial charge in [0.25, 0.3) is 0 Å². The zero-order valence-electron chi connectivity index (χ0n) is 13.3. The van der Waals surface area contributed by atoms with Gasteiger partial charge in [-0.25, -0.2) is 0 Å². The van der Waals surface area contributed by atoms with Gasteiger partial charge in [-0.3, -0.25) is 4.98 Å². The van der Waals surface area contributed by atoms with Gasteiger partial charge in [-0.2, -0.15) is 0 Å². The van der Waals surface area contributed by atoms with Crippen molar-refractivity contribution in [2.24, 2.45) is 0 Å². The van der Waals surface area contributed by atoms with E-state index >= 15 is 0 Å². The standard InChI is InChI=1S/C16H28N4/c1-5-17-10-14-11-18-13(2)9-16(14)20(4)15-7-6-8-19(3)12-15/h9,11,15,17H,5-8,10,12H2,1-4H3. The molecule has 1 aromatic rings. The number of hydrogen-bond acceptors (Lipinski definition) is 4. The largest absolute Gasteiger partial charge is 0.370 e. The van der Waals surface area contributed by atoms with Gasteiger partial charge in [0.15, 0.2) is 0 Å². The molecule has 1 fully saturated rings. The summed E-state index contributed by atoms with van der Waals surface area (Å²) in [6, 6.07) is 2.83. The molecule has 1 aliphatic rings. The Morgan fingerprint density at radius 2 is 2.30 bits per heavy atom. The van der Waals surface area contributed by atoms with Crippen molar-refractivity contribution in [1.82, 2.24) is 15.2 Å². The second kappa shape index (κ2) is 7.04. The summed E-state index contributed by atoms with van der Waals surface area (Å²) in [5, 5.41) is 3.41. The van der Waals surface area contributed by atoms with E-state index < -0.39 is 0 Å². The summed E-state index contributed by atoms with van der Waals surface area (Å²) in [6.45, 7) is 8.47. The Kier molecular flexibility index (Phi) is 5.38. The van der Waals surface area contributed by atoms with Crippen LogP contribution in [0.2, 0.25) is 0 Å². The predicted molar refractivity (Wildman–Crippen MR) is 85.3 cm³/mol. The Hall–Kier alpha value is -1.13. The average Bonchev–Trinajstić information content (AvgIpc) is 2.45. The van der Waals surface area contributed by atoms with Gasteiger partial charge in [0.1, 0.15) is 0 Å². The summed E-state index contributed by atoms with van der Waals surface area (Å²) >= 11 is 0. The monoisotopic (exact) mass is 276 g/mol. The van der Waals surface area contributed by atoms with Crippen LogP contribution in [0, 0.1) is 6.92 Å². The number of likely N-dealkylation sites (tertiary alicyclic amines) is 1. The lowest BCUT2D eigenvalue weighted by atomic mass is 10.0. The SMILES string of the molecule is CCNCc1cnc(C)cc1N(C)C1CCCN(C)C1. The molecule has 0 saturated carbocycles. The van der Waals surface area contributed by atoms with Crippen LogP contribution in [0.1, 0.15) is 31.0 Å². The van der Waals surface area contributed by atoms with E-state index in [1.165, 1.54) is 30.6 Å². The van der Waals surface area contributed by atoms with Crippen molar-refractivity contribution in [2.45, 2.75) is 39.3 Å². The number of hydrogen-bond donors (Lipinski definition) is 1. The van der Waals surface area contributed by atoms with Crippen LogP contribution in [-0.4, -0.2) is 49.7 Å². The van der Waals surface area contributed by atoms with Gasteiger partial charge in [-0.15, -0.1) is 0 Å². The molecular weight excluding hydrogens is 248 g/mol. The highest BCUT2D eigenvalue weighted by molar-refractivity contribution is 5.54. The van der Waals surface area contributed by atoms with Gasteiger partial charge in [0, 0.05) is 49.3 Å². The van der Waals surface area contributed by atoms with Gasteiger partial charge in [0.05, 0.1) is 0 Å². The summed E-state index contributed by atoms with van der Waals surface area (Å²) in [4.78, 5) is 9.35. The van der Waals surface area contributed by atoms with Crippen molar-refractivity contribution in [3.05, 3.63) is 23.5 Å². The maximum absolute atomic E-state index is 4.46. The van der Waals surface area contributed by atoms with Gasteiger partial charge in [0.2, 0.25) is 0 Å². The number of nitrogens with zero attached hydrogens (tertiary/aromatic N) is 3. The van der Waals surface area contributed by atoms with Crippen molar-refractivity contribution in [3.8, 4) is 0 Å². The smallest absolute Gasteiger partial charge is 0.0445 e. The van der Waals surface area contributed by atoms with Gasteiger partial charge >= 0.3 is 0 Å². The molecule has 4 nitrogen and oxygen atoms in total. The lowest BCUT2D eigenvalue weighted by Crippen LogP contribution is -2.45. The Morgan fingerprint density at radius 1 is 1.50 bits per heavy atom. The number of nitrogens with one attached hydrogen (secondary N) is 1. The Morgan fingerprint density at radius 3 is 3.00 bits per heavy atom. The number of pyridine rings is 1. The fourth-order valence-corrected chi connectivity index (χ4v) is 2.95. The first kappa shape index (κ1) is 15.3. The Labute approximate surface area is 123 Å². The summed E-state index contributed by atoms with van der Waals surface area (Å²) in [5.41, 5.74) is 3.73. The normalized spacial score (nSPS) is 20.1. The van der Waals surface area contributed by atoms with Crippen molar-refractivity contribution in [1.29, 1.82) is 0 Å². The van der Waals surface area contributed by atoms with E-state index in [0.29, 0.717) is 6.04 Å². The van der Waals surface area contributed by atoms with Crippen molar-refractivity contribution >= 4 is 5.69 Å². The number of anilines is 1. The van der Waals surface area contributed by atoms with Crippen LogP contribution in [0.25, 0.3) is 0 Å². The van der Waals surface area contributed by atoms with Crippen LogP contribution < -0.4 is 10.2 Å². The summed E-state index contributed by atoms with van der Waals surface area (Å²) in [7, 11) is 4.45. The third-order valence-corrected chi connectivity index (χ3v) is 4.19. The molecule has 2 rings (SSSR count). The summed E-state index contributed by atoms with van der Waals surface area (Å²) < 4.78 is 0. The van der Waals surface area contributed by atoms with Gasteiger partial charge < -0.3 is 15.1 Å². The van der Waals surface area contributed by atoms with Crippen LogP contribution in [0.15, 0.2) is 12.3 Å². The van der Waals surface area contributed by atoms with E-state index in [-0.39, 0.29) is 0 Å². The lowest BCUT2D eigenvalue weighted by molar-refractivity contribution is 0.248. The molecular formula is C16H28N4. The van der Waals surface area contributed by atoms with E-state index in [1.54, 1.807) is 0 Å². The minimum Gasteiger partial charge on any atom is -0.370 e. The first-order chi connectivity index (χ1) is 9.61. The fraction of sp³-hybridized carbons (Fsp3) is 0.688. The minimum atomic E-state index is 0.607. The maximum Gasteiger partial charge on any atom is 0.0445 e. The topological polar surface area (TPSA) is 31.4 Å². The van der Waals surface area contributed by atoms with E-state index in [9.17, 15) is 0 Å². The predicted octanol–water partition coefficient (Wildman–Crippen LogP) is 2.03. The molecule has 2 heterocycles. The van der Waals surface area contributed by atoms with Crippen LogP contribution in [-0.2, 0) is 6.54 Å². The van der Waals surface area contributed by atoms with E-state index in [2.05, 4.69) is 54.1 Å². The first-order valence-electron chi connectivity index (χ1n) is 7.69. The number of aryl methyl sites for hydroxylation is 1. The molecule has 1 unspecified atom stereocenters. The number of rotatable bonds is 5. The Balaban J connectivity index is 2.18. The molecule has 20 heavy (non-hydrogen) atoms. The molecule has 0 bridgehead atoms. The summed E-state index contributed by atoms with van der Waals surface area (Å²) in [6.07, 6.45) is 4.59. The van der Waals surface area contributed by atoms with Crippen LogP contribution in [0.3, 0.4) is 0 Å².